The van der Waals surface area contributed by atoms with E-state index in [0.29, 0.717) is 22.3 Å². The average Bonchev–Trinajstić information content (AvgIpc) is 2.85. The number of aromatic nitrogens is 2. The van der Waals surface area contributed by atoms with E-state index >= 15 is 0 Å². The zero-order chi connectivity index (χ0) is 15.6. The molecule has 0 N–H and O–H groups in total. The molecule has 3 rings (SSSR count). The Kier molecular flexibility index (Phi) is 4.94. The molecule has 0 fully saturated rings. The molecule has 0 saturated carbocycles. The summed E-state index contributed by atoms with van der Waals surface area (Å²) in [5.41, 5.74) is 3.60. The maximum absolute atomic E-state index is 13.9. The Bertz CT molecular complexity index is 655. The van der Waals surface area contributed by atoms with Gasteiger partial charge in [0.15, 0.2) is 5.82 Å². The van der Waals surface area contributed by atoms with E-state index in [9.17, 15) is 4.39 Å². The van der Waals surface area contributed by atoms with E-state index in [2.05, 4.69) is 16.9 Å². The van der Waals surface area contributed by atoms with Crippen molar-refractivity contribution in [2.45, 2.75) is 46.5 Å². The van der Waals surface area contributed by atoms with Gasteiger partial charge in [-0.1, -0.05) is 32.4 Å². The zero-order valence-corrected chi connectivity index (χ0v) is 13.6. The molecule has 1 heterocycles. The average molecular weight is 307 g/mol. The number of nitrogens with zero attached hydrogens (tertiary/aromatic N) is 2. The van der Waals surface area contributed by atoms with Gasteiger partial charge < -0.3 is 0 Å². The number of benzene rings is 1. The van der Waals surface area contributed by atoms with Crippen LogP contribution < -0.4 is 0 Å². The van der Waals surface area contributed by atoms with E-state index in [1.165, 1.54) is 17.7 Å². The molecule has 2 nitrogen and oxygen atoms in total. The van der Waals surface area contributed by atoms with E-state index in [0.717, 1.165) is 24.2 Å². The lowest BCUT2D eigenvalue weighted by Crippen LogP contribution is -2.02. The van der Waals surface area contributed by atoms with Crippen LogP contribution in [0.25, 0.3) is 11.4 Å². The molecule has 0 saturated heterocycles. The van der Waals surface area contributed by atoms with E-state index in [4.69, 9.17) is 11.6 Å². The fourth-order valence-corrected chi connectivity index (χ4v) is 2.93. The van der Waals surface area contributed by atoms with Gasteiger partial charge in [0.25, 0.3) is 0 Å². The summed E-state index contributed by atoms with van der Waals surface area (Å²) in [6, 6.07) is 4.46. The highest BCUT2D eigenvalue weighted by molar-refractivity contribution is 6.30. The second kappa shape index (κ2) is 6.52. The lowest BCUT2D eigenvalue weighted by molar-refractivity contribution is 0.629. The highest BCUT2D eigenvalue weighted by atomic mass is 35.5. The maximum Gasteiger partial charge on any atom is 0.162 e. The zero-order valence-electron chi connectivity index (χ0n) is 12.9. The first-order valence-corrected chi connectivity index (χ1v) is 7.77. The van der Waals surface area contributed by atoms with Crippen molar-refractivity contribution in [1.82, 2.24) is 9.97 Å². The van der Waals surface area contributed by atoms with Gasteiger partial charge in [0.1, 0.15) is 5.82 Å². The Morgan fingerprint density at radius 3 is 2.67 bits per heavy atom. The third kappa shape index (κ3) is 3.08. The Morgan fingerprint density at radius 2 is 1.95 bits per heavy atom. The van der Waals surface area contributed by atoms with Crippen molar-refractivity contribution in [2.24, 2.45) is 0 Å². The van der Waals surface area contributed by atoms with Gasteiger partial charge in [-0.25, -0.2) is 14.4 Å². The molecule has 4 heteroatoms. The van der Waals surface area contributed by atoms with Gasteiger partial charge in [0, 0.05) is 16.4 Å². The van der Waals surface area contributed by atoms with Gasteiger partial charge in [-0.2, -0.15) is 0 Å². The highest BCUT2D eigenvalue weighted by Gasteiger charge is 2.24. The quantitative estimate of drug-likeness (QED) is 0.712. The van der Waals surface area contributed by atoms with Crippen molar-refractivity contribution in [3.63, 3.8) is 0 Å². The van der Waals surface area contributed by atoms with E-state index in [1.54, 1.807) is 6.07 Å². The van der Waals surface area contributed by atoms with Crippen molar-refractivity contribution >= 4 is 11.6 Å². The standard InChI is InChI=1S/C15H14ClFN2.C2H6/c1-8-3-6-13-14(8)9(2)18-15(19-13)11-7-10(16)4-5-12(11)17;1-2/h4-5,7-8H,3,6H2,1-2H3;1-2H3. The fraction of sp³-hybridized carbons (Fsp3) is 0.412. The van der Waals surface area contributed by atoms with Crippen LogP contribution in [0.2, 0.25) is 5.02 Å². The van der Waals surface area contributed by atoms with Gasteiger partial charge in [-0.3, -0.25) is 0 Å². The second-order valence-corrected chi connectivity index (χ2v) is 5.49. The van der Waals surface area contributed by atoms with Crippen LogP contribution in [-0.2, 0) is 6.42 Å². The molecule has 0 bridgehead atoms. The summed E-state index contributed by atoms with van der Waals surface area (Å²) >= 11 is 5.92. The van der Waals surface area contributed by atoms with Crippen molar-refractivity contribution in [3.05, 3.63) is 46.0 Å². The molecule has 0 aliphatic heterocycles. The first-order valence-electron chi connectivity index (χ1n) is 7.39. The van der Waals surface area contributed by atoms with Crippen molar-refractivity contribution in [1.29, 1.82) is 0 Å². The number of hydrogen-bond acceptors (Lipinski definition) is 2. The maximum atomic E-state index is 13.9. The van der Waals surface area contributed by atoms with Gasteiger partial charge >= 0.3 is 0 Å². The smallest absolute Gasteiger partial charge is 0.162 e. The predicted molar refractivity (Wildman–Crippen MR) is 85.3 cm³/mol. The highest BCUT2D eigenvalue weighted by Crippen LogP contribution is 2.35. The predicted octanol–water partition coefficient (Wildman–Crippen LogP) is 5.32. The van der Waals surface area contributed by atoms with Crippen LogP contribution in [-0.4, -0.2) is 9.97 Å². The van der Waals surface area contributed by atoms with Gasteiger partial charge in [0.2, 0.25) is 0 Å². The molecule has 21 heavy (non-hydrogen) atoms. The third-order valence-electron chi connectivity index (χ3n) is 3.69. The Balaban J connectivity index is 0.000000774. The molecule has 1 aromatic heterocycles. The van der Waals surface area contributed by atoms with Gasteiger partial charge in [-0.05, 0) is 49.4 Å². The molecule has 112 valence electrons. The Labute approximate surface area is 130 Å². The van der Waals surface area contributed by atoms with Gasteiger partial charge in [0.05, 0.1) is 5.56 Å². The van der Waals surface area contributed by atoms with Crippen molar-refractivity contribution < 1.29 is 4.39 Å². The number of aryl methyl sites for hydroxylation is 2. The number of halogens is 2. The summed E-state index contributed by atoms with van der Waals surface area (Å²) in [5.74, 6) is 0.591. The summed E-state index contributed by atoms with van der Waals surface area (Å²) in [6.07, 6.45) is 2.03. The second-order valence-electron chi connectivity index (χ2n) is 5.06. The number of fused-ring (bicyclic) bond motifs is 1. The number of rotatable bonds is 1. The topological polar surface area (TPSA) is 25.8 Å². The molecule has 2 aromatic rings. The molecule has 1 atom stereocenters. The molecule has 0 radical (unpaired) electrons. The monoisotopic (exact) mass is 306 g/mol. The molecule has 1 aliphatic carbocycles. The molecule has 0 amide bonds. The summed E-state index contributed by atoms with van der Waals surface area (Å²) in [7, 11) is 0. The Morgan fingerprint density at radius 1 is 1.24 bits per heavy atom. The molecule has 0 spiro atoms. The largest absolute Gasteiger partial charge is 0.233 e. The first-order chi connectivity index (χ1) is 10.1. The van der Waals surface area contributed by atoms with Crippen LogP contribution in [0.4, 0.5) is 4.39 Å². The van der Waals surface area contributed by atoms with Crippen molar-refractivity contribution in [2.75, 3.05) is 0 Å². The first kappa shape index (κ1) is 15.9. The Hall–Kier alpha value is -1.48. The van der Waals surface area contributed by atoms with Crippen LogP contribution in [0.15, 0.2) is 18.2 Å². The normalized spacial score (nSPS) is 16.2. The molecular formula is C17H20ClFN2. The lowest BCUT2D eigenvalue weighted by Gasteiger charge is -2.10. The van der Waals surface area contributed by atoms with Crippen LogP contribution in [0.1, 0.15) is 50.1 Å². The molecule has 1 unspecified atom stereocenters. The van der Waals surface area contributed by atoms with Crippen LogP contribution in [0.3, 0.4) is 0 Å². The number of hydrogen-bond donors (Lipinski definition) is 0. The van der Waals surface area contributed by atoms with Crippen LogP contribution >= 0.6 is 11.6 Å². The minimum Gasteiger partial charge on any atom is -0.233 e. The fourth-order valence-electron chi connectivity index (χ4n) is 2.76. The summed E-state index contributed by atoms with van der Waals surface area (Å²) in [4.78, 5) is 8.98. The van der Waals surface area contributed by atoms with Crippen LogP contribution in [0, 0.1) is 12.7 Å². The third-order valence-corrected chi connectivity index (χ3v) is 3.93. The SMILES string of the molecule is CC.Cc1nc(-c2cc(Cl)ccc2F)nc2c1C(C)CC2. The summed E-state index contributed by atoms with van der Waals surface area (Å²) in [6.45, 7) is 8.15. The lowest BCUT2D eigenvalue weighted by atomic mass is 10.0. The minimum absolute atomic E-state index is 0.338. The van der Waals surface area contributed by atoms with E-state index in [1.807, 2.05) is 20.8 Å². The van der Waals surface area contributed by atoms with Crippen molar-refractivity contribution in [3.8, 4) is 11.4 Å². The minimum atomic E-state index is -0.338. The van der Waals surface area contributed by atoms with Crippen LogP contribution in [0.5, 0.6) is 0 Å². The summed E-state index contributed by atoms with van der Waals surface area (Å²) < 4.78 is 13.9. The molecule has 1 aliphatic rings. The molecular weight excluding hydrogens is 287 g/mol. The summed E-state index contributed by atoms with van der Waals surface area (Å²) in [5, 5.41) is 0.492. The van der Waals surface area contributed by atoms with E-state index in [-0.39, 0.29) is 5.82 Å². The van der Waals surface area contributed by atoms with Gasteiger partial charge in [-0.15, -0.1) is 0 Å². The molecule has 1 aromatic carbocycles. The van der Waals surface area contributed by atoms with E-state index < -0.39 is 0 Å².